The minimum Gasteiger partial charge on any atom is -0.0616 e. The molecule has 0 saturated carbocycles. The van der Waals surface area contributed by atoms with E-state index in [2.05, 4.69) is 52.3 Å². The number of halogens is 1. The zero-order valence-corrected chi connectivity index (χ0v) is 16.8. The summed E-state index contributed by atoms with van der Waals surface area (Å²) in [6.07, 6.45) is 0. The Labute approximate surface area is 162 Å². The summed E-state index contributed by atoms with van der Waals surface area (Å²) in [4.78, 5) is 0. The van der Waals surface area contributed by atoms with Gasteiger partial charge in [0, 0.05) is 16.1 Å². The lowest BCUT2D eigenvalue weighted by atomic mass is 10.0. The maximum atomic E-state index is 13.4. The van der Waals surface area contributed by atoms with E-state index in [0.29, 0.717) is 0 Å². The molecule has 0 N–H and O–H groups in total. The second-order valence-electron chi connectivity index (χ2n) is 6.35. The van der Waals surface area contributed by atoms with Gasteiger partial charge in [0.25, 0.3) is 0 Å². The molecule has 0 heterocycles. The first kappa shape index (κ1) is 17.1. The van der Waals surface area contributed by atoms with Crippen LogP contribution in [0.4, 0.5) is 0 Å². The quantitative estimate of drug-likeness (QED) is 0.353. The van der Waals surface area contributed by atoms with Gasteiger partial charge in [-0.25, -0.2) is 0 Å². The Balaban J connectivity index is 1.93. The number of aryl methyl sites for hydroxylation is 1. The van der Waals surface area contributed by atoms with Crippen molar-refractivity contribution in [1.82, 2.24) is 0 Å². The Bertz CT molecular complexity index is 1100. The van der Waals surface area contributed by atoms with Gasteiger partial charge in [0.1, 0.15) is 0 Å². The summed E-state index contributed by atoms with van der Waals surface area (Å²) in [6.45, 7) is 2.04. The lowest BCUT2D eigenvalue weighted by Gasteiger charge is -2.06. The minimum atomic E-state index is -1.67. The van der Waals surface area contributed by atoms with Gasteiger partial charge in [0.05, 0.1) is 0 Å². The van der Waals surface area contributed by atoms with Gasteiger partial charge >= 0.3 is 7.80 Å². The first-order chi connectivity index (χ1) is 12.6. The Morgan fingerprint density at radius 1 is 0.769 bits per heavy atom. The molecule has 3 heteroatoms. The van der Waals surface area contributed by atoms with Gasteiger partial charge in [0.15, 0.2) is 5.30 Å². The lowest BCUT2D eigenvalue weighted by molar-refractivity contribution is 0.598. The van der Waals surface area contributed by atoms with E-state index in [4.69, 9.17) is 0 Å². The van der Waals surface area contributed by atoms with Crippen LogP contribution in [0.2, 0.25) is 0 Å². The normalized spacial score (nSPS) is 11.5. The standard InChI is InChI=1S/C23H17BrOP/c1-16-6-12-21(13-7-16)26(25)23-15-19-5-3-2-4-18(19)14-22(23)17-8-10-20(24)11-9-17/h2-15H,1H3/q+1. The average molecular weight is 420 g/mol. The highest BCUT2D eigenvalue weighted by atomic mass is 79.9. The average Bonchev–Trinajstić information content (AvgIpc) is 2.68. The molecule has 1 atom stereocenters. The second-order valence-corrected chi connectivity index (χ2v) is 8.86. The SMILES string of the molecule is Cc1ccc([P+](=O)c2cc3ccccc3cc2-c2ccc(Br)cc2)cc1. The van der Waals surface area contributed by atoms with E-state index in [1.54, 1.807) is 0 Å². The predicted octanol–water partition coefficient (Wildman–Crippen LogP) is 6.36. The fraction of sp³-hybridized carbons (Fsp3) is 0.0435. The van der Waals surface area contributed by atoms with Crippen LogP contribution in [0.5, 0.6) is 0 Å². The van der Waals surface area contributed by atoms with Gasteiger partial charge in [-0.1, -0.05) is 74.6 Å². The van der Waals surface area contributed by atoms with Gasteiger partial charge in [-0.05, 0) is 53.6 Å². The third-order valence-electron chi connectivity index (χ3n) is 4.51. The smallest absolute Gasteiger partial charge is 0.0616 e. The molecule has 0 aliphatic heterocycles. The van der Waals surface area contributed by atoms with E-state index in [-0.39, 0.29) is 0 Å². The highest BCUT2D eigenvalue weighted by Gasteiger charge is 2.28. The van der Waals surface area contributed by atoms with Gasteiger partial charge in [0.2, 0.25) is 5.30 Å². The molecule has 0 aliphatic rings. The van der Waals surface area contributed by atoms with Crippen molar-refractivity contribution in [3.8, 4) is 11.1 Å². The molecule has 4 aromatic rings. The largest absolute Gasteiger partial charge is 0.415 e. The summed E-state index contributed by atoms with van der Waals surface area (Å²) < 4.78 is 14.4. The summed E-state index contributed by atoms with van der Waals surface area (Å²) in [5, 5.41) is 4.00. The summed E-state index contributed by atoms with van der Waals surface area (Å²) in [5.41, 5.74) is 3.27. The molecule has 1 unspecified atom stereocenters. The van der Waals surface area contributed by atoms with E-state index in [0.717, 1.165) is 37.0 Å². The summed E-state index contributed by atoms with van der Waals surface area (Å²) in [5.74, 6) is 0. The highest BCUT2D eigenvalue weighted by molar-refractivity contribution is 9.10. The molecule has 0 spiro atoms. The molecule has 0 fully saturated rings. The molecule has 0 aliphatic carbocycles. The lowest BCUT2D eigenvalue weighted by Crippen LogP contribution is -2.09. The minimum absolute atomic E-state index is 0.860. The molecule has 0 amide bonds. The zero-order valence-electron chi connectivity index (χ0n) is 14.3. The monoisotopic (exact) mass is 419 g/mol. The molecule has 0 aromatic heterocycles. The molecule has 4 rings (SSSR count). The first-order valence-electron chi connectivity index (χ1n) is 8.44. The molecular weight excluding hydrogens is 403 g/mol. The van der Waals surface area contributed by atoms with Crippen LogP contribution in [-0.2, 0) is 4.57 Å². The fourth-order valence-corrected chi connectivity index (χ4v) is 4.71. The molecule has 26 heavy (non-hydrogen) atoms. The topological polar surface area (TPSA) is 17.1 Å². The van der Waals surface area contributed by atoms with Crippen LogP contribution in [0.15, 0.2) is 89.4 Å². The van der Waals surface area contributed by atoms with Crippen LogP contribution in [0.25, 0.3) is 21.9 Å². The molecule has 0 saturated heterocycles. The van der Waals surface area contributed by atoms with Crippen LogP contribution in [0.3, 0.4) is 0 Å². The second kappa shape index (κ2) is 7.15. The number of hydrogen-bond acceptors (Lipinski definition) is 1. The molecular formula is C23H17BrOP+. The molecule has 4 aromatic carbocycles. The van der Waals surface area contributed by atoms with Gasteiger partial charge in [-0.3, -0.25) is 0 Å². The van der Waals surface area contributed by atoms with Crippen LogP contribution in [0.1, 0.15) is 5.56 Å². The van der Waals surface area contributed by atoms with Crippen molar-refractivity contribution < 1.29 is 4.57 Å². The first-order valence-corrected chi connectivity index (χ1v) is 10.5. The van der Waals surface area contributed by atoms with Crippen molar-refractivity contribution in [3.05, 3.63) is 95.0 Å². The maximum Gasteiger partial charge on any atom is 0.415 e. The van der Waals surface area contributed by atoms with E-state index in [1.165, 1.54) is 5.56 Å². The van der Waals surface area contributed by atoms with Gasteiger partial charge in [-0.2, -0.15) is 0 Å². The van der Waals surface area contributed by atoms with E-state index in [1.807, 2.05) is 55.5 Å². The third kappa shape index (κ3) is 3.35. The van der Waals surface area contributed by atoms with Crippen LogP contribution in [0, 0.1) is 6.92 Å². The Morgan fingerprint density at radius 3 is 2.04 bits per heavy atom. The Morgan fingerprint density at radius 2 is 1.38 bits per heavy atom. The van der Waals surface area contributed by atoms with E-state index in [9.17, 15) is 4.57 Å². The van der Waals surface area contributed by atoms with E-state index < -0.39 is 7.80 Å². The maximum absolute atomic E-state index is 13.4. The predicted molar refractivity (Wildman–Crippen MR) is 115 cm³/mol. The summed E-state index contributed by atoms with van der Waals surface area (Å²) >= 11 is 3.49. The molecule has 0 radical (unpaired) electrons. The summed E-state index contributed by atoms with van der Waals surface area (Å²) in [6, 6.07) is 28.6. The van der Waals surface area contributed by atoms with Crippen molar-refractivity contribution >= 4 is 45.1 Å². The third-order valence-corrected chi connectivity index (χ3v) is 6.61. The summed E-state index contributed by atoms with van der Waals surface area (Å²) in [7, 11) is -1.67. The highest BCUT2D eigenvalue weighted by Crippen LogP contribution is 2.32. The van der Waals surface area contributed by atoms with Crippen molar-refractivity contribution in [1.29, 1.82) is 0 Å². The number of fused-ring (bicyclic) bond motifs is 1. The molecule has 126 valence electrons. The van der Waals surface area contributed by atoms with E-state index >= 15 is 0 Å². The number of rotatable bonds is 3. The van der Waals surface area contributed by atoms with Gasteiger partial charge in [-0.15, -0.1) is 0 Å². The number of benzene rings is 4. The van der Waals surface area contributed by atoms with Crippen molar-refractivity contribution in [2.75, 3.05) is 0 Å². The molecule has 0 bridgehead atoms. The Hall–Kier alpha value is -2.28. The Kier molecular flexibility index (Phi) is 4.72. The van der Waals surface area contributed by atoms with Crippen LogP contribution >= 0.6 is 23.7 Å². The van der Waals surface area contributed by atoms with Crippen LogP contribution in [-0.4, -0.2) is 0 Å². The van der Waals surface area contributed by atoms with Crippen LogP contribution < -0.4 is 10.6 Å². The zero-order chi connectivity index (χ0) is 18.1. The molecule has 1 nitrogen and oxygen atoms in total. The fourth-order valence-electron chi connectivity index (χ4n) is 3.08. The van der Waals surface area contributed by atoms with Crippen molar-refractivity contribution in [2.24, 2.45) is 0 Å². The number of hydrogen-bond donors (Lipinski definition) is 0. The van der Waals surface area contributed by atoms with Gasteiger partial charge < -0.3 is 0 Å². The van der Waals surface area contributed by atoms with Crippen molar-refractivity contribution in [2.45, 2.75) is 6.92 Å². The van der Waals surface area contributed by atoms with Crippen molar-refractivity contribution in [3.63, 3.8) is 0 Å².